The molecule has 0 spiro atoms. The van der Waals surface area contributed by atoms with Crippen molar-refractivity contribution in [1.29, 1.82) is 0 Å². The van der Waals surface area contributed by atoms with Crippen LogP contribution >= 0.6 is 0 Å². The van der Waals surface area contributed by atoms with Crippen LogP contribution in [0.1, 0.15) is 53.4 Å². The number of hydrogen-bond acceptors (Lipinski definition) is 2. The zero-order chi connectivity index (χ0) is 13.3. The van der Waals surface area contributed by atoms with Crippen molar-refractivity contribution < 1.29 is 0 Å². The van der Waals surface area contributed by atoms with Crippen molar-refractivity contribution in [2.24, 2.45) is 35.3 Å². The first-order valence-corrected chi connectivity index (χ1v) is 7.93. The predicted molar refractivity (Wildman–Crippen MR) is 78.4 cm³/mol. The maximum absolute atomic E-state index is 6.13. The maximum atomic E-state index is 6.13. The van der Waals surface area contributed by atoms with Gasteiger partial charge in [0.2, 0.25) is 0 Å². The monoisotopic (exact) mass is 252 g/mol. The molecule has 3 N–H and O–H groups in total. The smallest absolute Gasteiger partial charge is 0.0335 e. The van der Waals surface area contributed by atoms with Gasteiger partial charge in [0, 0.05) is 12.1 Å². The molecule has 2 aliphatic carbocycles. The molecule has 2 fully saturated rings. The molecular formula is C16H32N2. The van der Waals surface area contributed by atoms with Crippen molar-refractivity contribution in [1.82, 2.24) is 5.32 Å². The molecule has 0 heterocycles. The molecule has 0 aromatic carbocycles. The van der Waals surface area contributed by atoms with Gasteiger partial charge in [-0.2, -0.15) is 0 Å². The van der Waals surface area contributed by atoms with E-state index in [-0.39, 0.29) is 5.54 Å². The summed E-state index contributed by atoms with van der Waals surface area (Å²) in [6.45, 7) is 11.4. The fourth-order valence-electron chi connectivity index (χ4n) is 4.55. The lowest BCUT2D eigenvalue weighted by Crippen LogP contribution is -2.56. The lowest BCUT2D eigenvalue weighted by atomic mass is 9.79. The molecule has 2 bridgehead atoms. The minimum Gasteiger partial charge on any atom is -0.329 e. The minimum atomic E-state index is 0.283. The van der Waals surface area contributed by atoms with Crippen LogP contribution in [-0.4, -0.2) is 18.6 Å². The topological polar surface area (TPSA) is 38.0 Å². The Morgan fingerprint density at radius 2 is 1.83 bits per heavy atom. The number of fused-ring (bicyclic) bond motifs is 2. The van der Waals surface area contributed by atoms with Crippen LogP contribution in [0.15, 0.2) is 0 Å². The molecular weight excluding hydrogens is 220 g/mol. The average molecular weight is 252 g/mol. The molecule has 0 aromatic heterocycles. The summed E-state index contributed by atoms with van der Waals surface area (Å²) in [5.74, 6) is 4.10. The molecule has 18 heavy (non-hydrogen) atoms. The zero-order valence-electron chi connectivity index (χ0n) is 12.7. The Hall–Kier alpha value is -0.0800. The SMILES string of the molecule is CC(C)C(CNC1(CN)CC2CCC1C2)C(C)C. The van der Waals surface area contributed by atoms with E-state index in [0.717, 1.165) is 42.7 Å². The largest absolute Gasteiger partial charge is 0.329 e. The van der Waals surface area contributed by atoms with E-state index in [9.17, 15) is 0 Å². The normalized spacial score (nSPS) is 35.3. The number of hydrogen-bond donors (Lipinski definition) is 2. The summed E-state index contributed by atoms with van der Waals surface area (Å²) >= 11 is 0. The highest BCUT2D eigenvalue weighted by Crippen LogP contribution is 2.50. The second-order valence-electron chi connectivity index (χ2n) is 7.47. The van der Waals surface area contributed by atoms with E-state index in [4.69, 9.17) is 5.73 Å². The summed E-state index contributed by atoms with van der Waals surface area (Å²) in [7, 11) is 0. The van der Waals surface area contributed by atoms with Gasteiger partial charge in [-0.25, -0.2) is 0 Å². The summed E-state index contributed by atoms with van der Waals surface area (Å²) in [5.41, 5.74) is 6.41. The Balaban J connectivity index is 1.95. The summed E-state index contributed by atoms with van der Waals surface area (Å²) in [6.07, 6.45) is 5.62. The molecule has 106 valence electrons. The Kier molecular flexibility index (Phi) is 4.38. The van der Waals surface area contributed by atoms with Gasteiger partial charge in [0.1, 0.15) is 0 Å². The van der Waals surface area contributed by atoms with E-state index in [1.807, 2.05) is 0 Å². The van der Waals surface area contributed by atoms with Crippen molar-refractivity contribution in [3.63, 3.8) is 0 Å². The molecule has 0 radical (unpaired) electrons. The van der Waals surface area contributed by atoms with Crippen LogP contribution in [0.5, 0.6) is 0 Å². The molecule has 3 atom stereocenters. The van der Waals surface area contributed by atoms with Gasteiger partial charge < -0.3 is 11.1 Å². The maximum Gasteiger partial charge on any atom is 0.0335 e. The molecule has 2 nitrogen and oxygen atoms in total. The molecule has 2 aliphatic rings. The van der Waals surface area contributed by atoms with E-state index in [0.29, 0.717) is 0 Å². The van der Waals surface area contributed by atoms with Crippen molar-refractivity contribution in [2.45, 2.75) is 58.9 Å². The predicted octanol–water partition coefficient (Wildman–Crippen LogP) is 3.02. The van der Waals surface area contributed by atoms with Gasteiger partial charge in [0.05, 0.1) is 0 Å². The van der Waals surface area contributed by atoms with E-state index < -0.39 is 0 Å². The summed E-state index contributed by atoms with van der Waals surface area (Å²) < 4.78 is 0. The molecule has 0 aliphatic heterocycles. The highest BCUT2D eigenvalue weighted by molar-refractivity contribution is 5.07. The first-order valence-electron chi connectivity index (χ1n) is 7.93. The van der Waals surface area contributed by atoms with Crippen LogP contribution in [0.4, 0.5) is 0 Å². The van der Waals surface area contributed by atoms with Gasteiger partial charge in [-0.3, -0.25) is 0 Å². The fraction of sp³-hybridized carbons (Fsp3) is 1.00. The van der Waals surface area contributed by atoms with E-state index in [2.05, 4.69) is 33.0 Å². The van der Waals surface area contributed by atoms with Gasteiger partial charge in [0.15, 0.2) is 0 Å². The highest BCUT2D eigenvalue weighted by atomic mass is 15.0. The van der Waals surface area contributed by atoms with Gasteiger partial charge in [-0.1, -0.05) is 34.1 Å². The second-order valence-corrected chi connectivity index (χ2v) is 7.47. The number of nitrogens with two attached hydrogens (primary N) is 1. The van der Waals surface area contributed by atoms with E-state index >= 15 is 0 Å². The quantitative estimate of drug-likeness (QED) is 0.762. The molecule has 2 heteroatoms. The molecule has 3 unspecified atom stereocenters. The zero-order valence-corrected chi connectivity index (χ0v) is 12.7. The lowest BCUT2D eigenvalue weighted by molar-refractivity contribution is 0.177. The van der Waals surface area contributed by atoms with Crippen molar-refractivity contribution >= 4 is 0 Å². The van der Waals surface area contributed by atoms with Crippen LogP contribution in [-0.2, 0) is 0 Å². The number of nitrogens with one attached hydrogen (secondary N) is 1. The first-order chi connectivity index (χ1) is 8.48. The van der Waals surface area contributed by atoms with Crippen LogP contribution in [0.3, 0.4) is 0 Å². The summed E-state index contributed by atoms with van der Waals surface area (Å²) in [4.78, 5) is 0. The average Bonchev–Trinajstić information content (AvgIpc) is 2.88. The first kappa shape index (κ1) is 14.3. The van der Waals surface area contributed by atoms with E-state index in [1.54, 1.807) is 0 Å². The van der Waals surface area contributed by atoms with Crippen LogP contribution in [0.2, 0.25) is 0 Å². The van der Waals surface area contributed by atoms with Crippen LogP contribution in [0, 0.1) is 29.6 Å². The minimum absolute atomic E-state index is 0.283. The third kappa shape index (κ3) is 2.60. The van der Waals surface area contributed by atoms with Gasteiger partial charge >= 0.3 is 0 Å². The molecule has 0 aromatic rings. The van der Waals surface area contributed by atoms with Gasteiger partial charge in [-0.15, -0.1) is 0 Å². The summed E-state index contributed by atoms with van der Waals surface area (Å²) in [6, 6.07) is 0. The fourth-order valence-corrected chi connectivity index (χ4v) is 4.55. The van der Waals surface area contributed by atoms with Gasteiger partial charge in [0.25, 0.3) is 0 Å². The third-order valence-electron chi connectivity index (χ3n) is 5.74. The Morgan fingerprint density at radius 1 is 1.17 bits per heavy atom. The molecule has 2 saturated carbocycles. The Morgan fingerprint density at radius 3 is 2.22 bits per heavy atom. The van der Waals surface area contributed by atoms with Crippen molar-refractivity contribution in [2.75, 3.05) is 13.1 Å². The molecule has 0 amide bonds. The van der Waals surface area contributed by atoms with Gasteiger partial charge in [-0.05, 0) is 55.4 Å². The lowest BCUT2D eigenvalue weighted by Gasteiger charge is -2.40. The van der Waals surface area contributed by atoms with Crippen molar-refractivity contribution in [3.05, 3.63) is 0 Å². The van der Waals surface area contributed by atoms with E-state index in [1.165, 1.54) is 25.7 Å². The molecule has 0 saturated heterocycles. The van der Waals surface area contributed by atoms with Crippen molar-refractivity contribution in [3.8, 4) is 0 Å². The highest BCUT2D eigenvalue weighted by Gasteiger charge is 2.49. The third-order valence-corrected chi connectivity index (χ3v) is 5.74. The standard InChI is InChI=1S/C16H32N2/c1-11(2)15(12(3)4)9-18-16(10-17)8-13-5-6-14(16)7-13/h11-15,18H,5-10,17H2,1-4H3. The van der Waals surface area contributed by atoms with Crippen LogP contribution < -0.4 is 11.1 Å². The number of rotatable bonds is 6. The Labute approximate surface area is 113 Å². The molecule has 2 rings (SSSR count). The summed E-state index contributed by atoms with van der Waals surface area (Å²) in [5, 5.41) is 3.91. The van der Waals surface area contributed by atoms with Crippen LogP contribution in [0.25, 0.3) is 0 Å². The Bertz CT molecular complexity index is 266. The second kappa shape index (κ2) is 5.50.